The smallest absolute Gasteiger partial charge is 0.276 e. The third kappa shape index (κ3) is 4.10. The molecule has 0 unspecified atom stereocenters. The number of pyridine rings is 1. The summed E-state index contributed by atoms with van der Waals surface area (Å²) < 4.78 is 11.2. The van der Waals surface area contributed by atoms with Crippen molar-refractivity contribution in [2.45, 2.75) is 32.9 Å². The van der Waals surface area contributed by atoms with Crippen molar-refractivity contribution in [3.05, 3.63) is 54.0 Å². The lowest BCUT2D eigenvalue weighted by molar-refractivity contribution is 0.0767. The van der Waals surface area contributed by atoms with Crippen LogP contribution in [0.25, 0.3) is 10.9 Å². The molecule has 2 aromatic heterocycles. The number of nitrogens with zero attached hydrogens (tertiary/aromatic N) is 4. The number of amides is 1. The van der Waals surface area contributed by atoms with E-state index in [0.29, 0.717) is 23.2 Å². The number of likely N-dealkylation sites (tertiary alicyclic amines) is 1. The van der Waals surface area contributed by atoms with Crippen LogP contribution in [0.4, 0.5) is 0 Å². The second kappa shape index (κ2) is 8.61. The van der Waals surface area contributed by atoms with Crippen molar-refractivity contribution in [1.29, 1.82) is 0 Å². The van der Waals surface area contributed by atoms with Gasteiger partial charge in [-0.3, -0.25) is 14.7 Å². The maximum Gasteiger partial charge on any atom is 0.276 e. The van der Waals surface area contributed by atoms with Crippen LogP contribution in [-0.4, -0.2) is 58.1 Å². The van der Waals surface area contributed by atoms with Gasteiger partial charge in [-0.25, -0.2) is 0 Å². The lowest BCUT2D eigenvalue weighted by Crippen LogP contribution is -2.38. The Morgan fingerprint density at radius 3 is 2.93 bits per heavy atom. The van der Waals surface area contributed by atoms with Crippen LogP contribution < -0.4 is 4.74 Å². The minimum Gasteiger partial charge on any atom is -0.483 e. The number of carbonyl (C=O) groups excluding carboxylic acids is 1. The predicted octanol–water partition coefficient (Wildman–Crippen LogP) is 3.36. The van der Waals surface area contributed by atoms with Gasteiger partial charge in [-0.1, -0.05) is 37.2 Å². The molecule has 7 heteroatoms. The van der Waals surface area contributed by atoms with E-state index < -0.39 is 0 Å². The molecular weight excluding hydrogens is 368 g/mol. The molecule has 1 atom stereocenters. The van der Waals surface area contributed by atoms with Crippen LogP contribution in [0.15, 0.2) is 47.1 Å². The van der Waals surface area contributed by atoms with Gasteiger partial charge < -0.3 is 14.2 Å². The van der Waals surface area contributed by atoms with E-state index in [0.717, 1.165) is 43.5 Å². The Balaban J connectivity index is 1.39. The number of hydrogen-bond acceptors (Lipinski definition) is 6. The second-order valence-corrected chi connectivity index (χ2v) is 7.21. The summed E-state index contributed by atoms with van der Waals surface area (Å²) in [6, 6.07) is 11.8. The molecule has 1 amide bonds. The third-order valence-corrected chi connectivity index (χ3v) is 5.52. The van der Waals surface area contributed by atoms with Crippen LogP contribution >= 0.6 is 0 Å². The number of likely N-dealkylation sites (N-methyl/N-ethyl adjacent to an activating group) is 1. The van der Waals surface area contributed by atoms with Gasteiger partial charge in [0.2, 0.25) is 0 Å². The zero-order valence-electron chi connectivity index (χ0n) is 16.9. The highest BCUT2D eigenvalue weighted by Crippen LogP contribution is 2.24. The van der Waals surface area contributed by atoms with Gasteiger partial charge in [-0.2, -0.15) is 0 Å². The standard InChI is InChI=1S/C22H26N4O3/c1-3-25(4-2)17-10-12-26(14-17)22(27)19-13-18(29-24-19)15-28-20-9-5-7-16-8-6-11-23-21(16)20/h5-9,11,13,17H,3-4,10,12,14-15H2,1-2H3/t17-/m1/s1. The molecule has 1 fully saturated rings. The summed E-state index contributed by atoms with van der Waals surface area (Å²) in [6.07, 6.45) is 2.73. The van der Waals surface area contributed by atoms with Crippen molar-refractivity contribution in [2.24, 2.45) is 0 Å². The van der Waals surface area contributed by atoms with E-state index in [9.17, 15) is 4.79 Å². The van der Waals surface area contributed by atoms with Crippen molar-refractivity contribution in [3.8, 4) is 5.75 Å². The van der Waals surface area contributed by atoms with E-state index in [-0.39, 0.29) is 12.5 Å². The number of ether oxygens (including phenoxy) is 1. The molecular formula is C22H26N4O3. The maximum absolute atomic E-state index is 12.8. The zero-order valence-corrected chi connectivity index (χ0v) is 16.9. The maximum atomic E-state index is 12.8. The Kier molecular flexibility index (Phi) is 5.76. The number of aromatic nitrogens is 2. The monoisotopic (exact) mass is 394 g/mol. The highest BCUT2D eigenvalue weighted by molar-refractivity contribution is 5.92. The Morgan fingerprint density at radius 1 is 1.28 bits per heavy atom. The molecule has 0 radical (unpaired) electrons. The predicted molar refractivity (Wildman–Crippen MR) is 110 cm³/mol. The van der Waals surface area contributed by atoms with E-state index in [1.807, 2.05) is 35.2 Å². The van der Waals surface area contributed by atoms with Gasteiger partial charge in [0.15, 0.2) is 11.5 Å². The first kappa shape index (κ1) is 19.4. The Bertz CT molecular complexity index is 978. The van der Waals surface area contributed by atoms with Crippen LogP contribution in [0.2, 0.25) is 0 Å². The molecule has 152 valence electrons. The average molecular weight is 394 g/mol. The SMILES string of the molecule is CCN(CC)[C@@H]1CCN(C(=O)c2cc(COc3cccc4cccnc34)on2)C1. The van der Waals surface area contributed by atoms with Crippen LogP contribution in [0, 0.1) is 0 Å². The number of carbonyl (C=O) groups is 1. The first-order valence-electron chi connectivity index (χ1n) is 10.1. The lowest BCUT2D eigenvalue weighted by atomic mass is 10.2. The van der Waals surface area contributed by atoms with E-state index in [4.69, 9.17) is 9.26 Å². The molecule has 4 rings (SSSR count). The van der Waals surface area contributed by atoms with Crippen LogP contribution in [0.1, 0.15) is 36.5 Å². The van der Waals surface area contributed by atoms with Gasteiger partial charge in [-0.05, 0) is 31.6 Å². The van der Waals surface area contributed by atoms with Crippen LogP contribution in [0.3, 0.4) is 0 Å². The number of benzene rings is 1. The van der Waals surface area contributed by atoms with Crippen molar-refractivity contribution >= 4 is 16.8 Å². The van der Waals surface area contributed by atoms with E-state index in [1.54, 1.807) is 12.3 Å². The largest absolute Gasteiger partial charge is 0.483 e. The molecule has 0 spiro atoms. The molecule has 0 bridgehead atoms. The number of para-hydroxylation sites is 1. The molecule has 3 heterocycles. The summed E-state index contributed by atoms with van der Waals surface area (Å²) in [5.74, 6) is 1.11. The van der Waals surface area contributed by atoms with Crippen molar-refractivity contribution in [2.75, 3.05) is 26.2 Å². The van der Waals surface area contributed by atoms with E-state index in [1.165, 1.54) is 0 Å². The van der Waals surface area contributed by atoms with Crippen LogP contribution in [0.5, 0.6) is 5.75 Å². The molecule has 0 aliphatic carbocycles. The fourth-order valence-electron chi connectivity index (χ4n) is 3.95. The summed E-state index contributed by atoms with van der Waals surface area (Å²) in [4.78, 5) is 21.4. The van der Waals surface area contributed by atoms with Gasteiger partial charge in [0.05, 0.1) is 0 Å². The van der Waals surface area contributed by atoms with Crippen molar-refractivity contribution < 1.29 is 14.1 Å². The molecule has 0 N–H and O–H groups in total. The molecule has 7 nitrogen and oxygen atoms in total. The summed E-state index contributed by atoms with van der Waals surface area (Å²) in [5, 5.41) is 4.98. The molecule has 1 aliphatic heterocycles. The van der Waals surface area contributed by atoms with Gasteiger partial charge in [0.25, 0.3) is 5.91 Å². The van der Waals surface area contributed by atoms with Gasteiger partial charge in [0, 0.05) is 36.8 Å². The van der Waals surface area contributed by atoms with Gasteiger partial charge in [0.1, 0.15) is 17.9 Å². The van der Waals surface area contributed by atoms with Crippen molar-refractivity contribution in [1.82, 2.24) is 19.9 Å². The molecule has 3 aromatic rings. The third-order valence-electron chi connectivity index (χ3n) is 5.52. The average Bonchev–Trinajstić information content (AvgIpc) is 3.43. The quantitative estimate of drug-likeness (QED) is 0.612. The normalized spacial score (nSPS) is 16.7. The molecule has 1 aliphatic rings. The van der Waals surface area contributed by atoms with Crippen LogP contribution in [-0.2, 0) is 6.61 Å². The summed E-state index contributed by atoms with van der Waals surface area (Å²) >= 11 is 0. The van der Waals surface area contributed by atoms with E-state index in [2.05, 4.69) is 28.9 Å². The Hall–Kier alpha value is -2.93. The Labute approximate surface area is 170 Å². The minimum atomic E-state index is -0.0820. The molecule has 1 aromatic carbocycles. The topological polar surface area (TPSA) is 71.7 Å². The number of hydrogen-bond donors (Lipinski definition) is 0. The number of fused-ring (bicyclic) bond motifs is 1. The minimum absolute atomic E-state index is 0.0820. The summed E-state index contributed by atoms with van der Waals surface area (Å²) in [5.41, 5.74) is 1.13. The fraction of sp³-hybridized carbons (Fsp3) is 0.409. The van der Waals surface area contributed by atoms with Crippen molar-refractivity contribution in [3.63, 3.8) is 0 Å². The van der Waals surface area contributed by atoms with Gasteiger partial charge in [-0.15, -0.1) is 0 Å². The Morgan fingerprint density at radius 2 is 2.10 bits per heavy atom. The molecule has 1 saturated heterocycles. The number of rotatable bonds is 7. The zero-order chi connectivity index (χ0) is 20.2. The first-order valence-corrected chi connectivity index (χ1v) is 10.1. The highest BCUT2D eigenvalue weighted by Gasteiger charge is 2.31. The summed E-state index contributed by atoms with van der Waals surface area (Å²) in [6.45, 7) is 7.99. The molecule has 0 saturated carbocycles. The van der Waals surface area contributed by atoms with Gasteiger partial charge >= 0.3 is 0 Å². The second-order valence-electron chi connectivity index (χ2n) is 7.21. The van der Waals surface area contributed by atoms with E-state index >= 15 is 0 Å². The first-order chi connectivity index (χ1) is 14.2. The highest BCUT2D eigenvalue weighted by atomic mass is 16.5. The summed E-state index contributed by atoms with van der Waals surface area (Å²) in [7, 11) is 0. The lowest BCUT2D eigenvalue weighted by Gasteiger charge is -2.25. The molecule has 29 heavy (non-hydrogen) atoms. The fourth-order valence-corrected chi connectivity index (χ4v) is 3.95.